The van der Waals surface area contributed by atoms with Crippen molar-refractivity contribution in [3.8, 4) is 0 Å². The molecule has 158 valence electrons. The highest BCUT2D eigenvalue weighted by molar-refractivity contribution is 5.88. The molecule has 7 nitrogen and oxygen atoms in total. The first-order chi connectivity index (χ1) is 13.8. The summed E-state index contributed by atoms with van der Waals surface area (Å²) in [6, 6.07) is 5.91. The second kappa shape index (κ2) is 10.2. The summed E-state index contributed by atoms with van der Waals surface area (Å²) in [6.07, 6.45) is 5.81. The Kier molecular flexibility index (Phi) is 7.93. The molecule has 0 spiro atoms. The van der Waals surface area contributed by atoms with Crippen molar-refractivity contribution >= 4 is 12.3 Å². The van der Waals surface area contributed by atoms with Crippen LogP contribution in [0.15, 0.2) is 30.6 Å². The van der Waals surface area contributed by atoms with Crippen molar-refractivity contribution in [3.05, 3.63) is 47.5 Å². The summed E-state index contributed by atoms with van der Waals surface area (Å²) in [5, 5.41) is 10.1. The first kappa shape index (κ1) is 22.6. The van der Waals surface area contributed by atoms with E-state index in [1.807, 2.05) is 32.9 Å². The average molecular weight is 400 g/mol. The van der Waals surface area contributed by atoms with Crippen molar-refractivity contribution < 1.29 is 9.59 Å². The van der Waals surface area contributed by atoms with Gasteiger partial charge in [0.05, 0.1) is 11.1 Å². The molecule has 2 aromatic heterocycles. The van der Waals surface area contributed by atoms with Crippen LogP contribution in [0.1, 0.15) is 63.4 Å². The molecule has 0 aliphatic carbocycles. The highest BCUT2D eigenvalue weighted by Crippen LogP contribution is 2.27. The number of nitrogens with zero attached hydrogens (tertiary/aromatic N) is 3. The topological polar surface area (TPSA) is 91.0 Å². The molecule has 29 heavy (non-hydrogen) atoms. The number of aromatic nitrogens is 3. The van der Waals surface area contributed by atoms with E-state index in [1.54, 1.807) is 17.3 Å². The maximum absolute atomic E-state index is 12.6. The summed E-state index contributed by atoms with van der Waals surface area (Å²) in [7, 11) is 0. The highest BCUT2D eigenvalue weighted by Gasteiger charge is 2.35. The van der Waals surface area contributed by atoms with Crippen LogP contribution in [0.2, 0.25) is 0 Å². The lowest BCUT2D eigenvalue weighted by atomic mass is 9.80. The molecule has 1 fully saturated rings. The number of pyridine rings is 1. The minimum absolute atomic E-state index is 0.00532. The van der Waals surface area contributed by atoms with Crippen LogP contribution in [0.5, 0.6) is 0 Å². The van der Waals surface area contributed by atoms with Gasteiger partial charge in [0.25, 0.3) is 0 Å². The van der Waals surface area contributed by atoms with Crippen molar-refractivity contribution in [1.29, 1.82) is 0 Å². The molecule has 0 saturated carbocycles. The normalized spacial score (nSPS) is 18.0. The van der Waals surface area contributed by atoms with E-state index in [9.17, 15) is 9.59 Å². The SMILES string of the molecule is CCC(C)(C(=O)NC1CCN(C=O)C1)c1cccnc1.Cc1cc(C(C)C)n[nH]1. The third-order valence-corrected chi connectivity index (χ3v) is 5.53. The molecule has 2 aromatic rings. The quantitative estimate of drug-likeness (QED) is 0.731. The molecule has 1 aliphatic heterocycles. The maximum Gasteiger partial charge on any atom is 0.230 e. The van der Waals surface area contributed by atoms with Crippen LogP contribution in [0.25, 0.3) is 0 Å². The van der Waals surface area contributed by atoms with Gasteiger partial charge in [0.1, 0.15) is 0 Å². The Bertz CT molecular complexity index is 790. The number of rotatable bonds is 6. The minimum atomic E-state index is -0.580. The van der Waals surface area contributed by atoms with E-state index in [4.69, 9.17) is 0 Å². The number of amides is 2. The fourth-order valence-electron chi connectivity index (χ4n) is 3.27. The number of hydrogen-bond donors (Lipinski definition) is 2. The molecule has 0 aromatic carbocycles. The predicted molar refractivity (Wildman–Crippen MR) is 113 cm³/mol. The summed E-state index contributed by atoms with van der Waals surface area (Å²) in [6.45, 7) is 11.5. The van der Waals surface area contributed by atoms with Gasteiger partial charge in [0, 0.05) is 37.2 Å². The second-order valence-corrected chi connectivity index (χ2v) is 8.12. The largest absolute Gasteiger partial charge is 0.351 e. The first-order valence-electron chi connectivity index (χ1n) is 10.2. The smallest absolute Gasteiger partial charge is 0.230 e. The van der Waals surface area contributed by atoms with Crippen LogP contribution in [0.4, 0.5) is 0 Å². The molecule has 1 aliphatic rings. The van der Waals surface area contributed by atoms with Gasteiger partial charge in [0.15, 0.2) is 0 Å². The van der Waals surface area contributed by atoms with Crippen LogP contribution in [0.3, 0.4) is 0 Å². The Morgan fingerprint density at radius 1 is 1.48 bits per heavy atom. The Hall–Kier alpha value is -2.70. The van der Waals surface area contributed by atoms with Crippen LogP contribution < -0.4 is 5.32 Å². The molecular formula is C22H33N5O2. The monoisotopic (exact) mass is 399 g/mol. The maximum atomic E-state index is 12.6. The van der Waals surface area contributed by atoms with Crippen LogP contribution in [-0.2, 0) is 15.0 Å². The number of aromatic amines is 1. The van der Waals surface area contributed by atoms with E-state index in [-0.39, 0.29) is 11.9 Å². The van der Waals surface area contributed by atoms with Gasteiger partial charge < -0.3 is 10.2 Å². The number of nitrogens with one attached hydrogen (secondary N) is 2. The van der Waals surface area contributed by atoms with Crippen molar-refractivity contribution in [3.63, 3.8) is 0 Å². The third kappa shape index (κ3) is 5.89. The van der Waals surface area contributed by atoms with Gasteiger partial charge >= 0.3 is 0 Å². The molecule has 2 unspecified atom stereocenters. The van der Waals surface area contributed by atoms with Gasteiger partial charge in [-0.15, -0.1) is 0 Å². The van der Waals surface area contributed by atoms with Crippen molar-refractivity contribution in [2.24, 2.45) is 0 Å². The number of H-pyrrole nitrogens is 1. The van der Waals surface area contributed by atoms with E-state index in [0.717, 1.165) is 29.8 Å². The molecule has 0 radical (unpaired) electrons. The lowest BCUT2D eigenvalue weighted by molar-refractivity contribution is -0.127. The summed E-state index contributed by atoms with van der Waals surface area (Å²) >= 11 is 0. The fraction of sp³-hybridized carbons (Fsp3) is 0.545. The molecule has 1 saturated heterocycles. The zero-order valence-corrected chi connectivity index (χ0v) is 18.1. The summed E-state index contributed by atoms with van der Waals surface area (Å²) in [4.78, 5) is 29.1. The standard InChI is InChI=1S/C15H21N3O2.C7H12N2/c1-3-15(2,12-5-4-7-16-9-12)14(20)17-13-6-8-18(10-13)11-19;1-5(2)7-4-6(3)8-9-7/h4-5,7,9,11,13H,3,6,8,10H2,1-2H3,(H,17,20);4-5H,1-3H3,(H,8,9). The summed E-state index contributed by atoms with van der Waals surface area (Å²) in [5.41, 5.74) is 2.62. The lowest BCUT2D eigenvalue weighted by Crippen LogP contribution is -2.47. The third-order valence-electron chi connectivity index (χ3n) is 5.53. The van der Waals surface area contributed by atoms with E-state index in [0.29, 0.717) is 25.4 Å². The van der Waals surface area contributed by atoms with Crippen molar-refractivity contribution in [2.75, 3.05) is 13.1 Å². The lowest BCUT2D eigenvalue weighted by Gasteiger charge is -2.29. The first-order valence-corrected chi connectivity index (χ1v) is 10.2. The Balaban J connectivity index is 0.000000278. The Labute approximate surface area is 173 Å². The number of carbonyl (C=O) groups is 2. The van der Waals surface area contributed by atoms with Gasteiger partial charge in [-0.25, -0.2) is 0 Å². The zero-order chi connectivity index (χ0) is 21.4. The Morgan fingerprint density at radius 2 is 2.24 bits per heavy atom. The molecule has 7 heteroatoms. The summed E-state index contributed by atoms with van der Waals surface area (Å²) in [5.74, 6) is 0.542. The van der Waals surface area contributed by atoms with Crippen LogP contribution in [-0.4, -0.2) is 51.5 Å². The number of carbonyl (C=O) groups excluding carboxylic acids is 2. The average Bonchev–Trinajstić information content (AvgIpc) is 3.37. The van der Waals surface area contributed by atoms with Crippen LogP contribution in [0, 0.1) is 6.92 Å². The second-order valence-electron chi connectivity index (χ2n) is 8.12. The molecule has 0 bridgehead atoms. The van der Waals surface area contributed by atoms with Gasteiger partial charge in [-0.05, 0) is 50.3 Å². The van der Waals surface area contributed by atoms with E-state index in [2.05, 4.69) is 40.4 Å². The van der Waals surface area contributed by atoms with Gasteiger partial charge in [-0.3, -0.25) is 19.7 Å². The van der Waals surface area contributed by atoms with Crippen molar-refractivity contribution in [2.45, 2.75) is 64.8 Å². The predicted octanol–water partition coefficient (Wildman–Crippen LogP) is 2.94. The zero-order valence-electron chi connectivity index (χ0n) is 18.1. The van der Waals surface area contributed by atoms with Gasteiger partial charge in [-0.2, -0.15) is 5.10 Å². The van der Waals surface area contributed by atoms with Gasteiger partial charge in [0.2, 0.25) is 12.3 Å². The number of hydrogen-bond acceptors (Lipinski definition) is 4. The molecule has 2 N–H and O–H groups in total. The number of likely N-dealkylation sites (tertiary alicyclic amines) is 1. The van der Waals surface area contributed by atoms with Gasteiger partial charge in [-0.1, -0.05) is 26.8 Å². The molecule has 3 heterocycles. The van der Waals surface area contributed by atoms with E-state index < -0.39 is 5.41 Å². The number of aryl methyl sites for hydroxylation is 1. The molecular weight excluding hydrogens is 366 g/mol. The molecule has 2 amide bonds. The van der Waals surface area contributed by atoms with Crippen molar-refractivity contribution in [1.82, 2.24) is 25.4 Å². The molecule has 2 atom stereocenters. The summed E-state index contributed by atoms with van der Waals surface area (Å²) < 4.78 is 0. The highest BCUT2D eigenvalue weighted by atomic mass is 16.2. The van der Waals surface area contributed by atoms with E-state index in [1.165, 1.54) is 0 Å². The molecule has 3 rings (SSSR count). The Morgan fingerprint density at radius 3 is 2.69 bits per heavy atom. The van der Waals surface area contributed by atoms with Crippen LogP contribution >= 0.6 is 0 Å². The van der Waals surface area contributed by atoms with E-state index >= 15 is 0 Å². The minimum Gasteiger partial charge on any atom is -0.351 e. The fourth-order valence-corrected chi connectivity index (χ4v) is 3.27.